The van der Waals surface area contributed by atoms with Gasteiger partial charge in [0, 0.05) is 12.5 Å². The van der Waals surface area contributed by atoms with Crippen molar-refractivity contribution in [3.8, 4) is 0 Å². The highest BCUT2D eigenvalue weighted by Gasteiger charge is 2.20. The fraction of sp³-hybridized carbons (Fsp3) is 0.900. The van der Waals surface area contributed by atoms with E-state index in [1.807, 2.05) is 6.92 Å². The first-order valence-electron chi connectivity index (χ1n) is 5.25. The second-order valence-corrected chi connectivity index (χ2v) is 3.85. The maximum absolute atomic E-state index is 11.4. The lowest BCUT2D eigenvalue weighted by Crippen LogP contribution is -2.37. The number of nitrogens with one attached hydrogen (secondary N) is 1. The van der Waals surface area contributed by atoms with E-state index in [-0.39, 0.29) is 11.8 Å². The van der Waals surface area contributed by atoms with Crippen LogP contribution in [0, 0.1) is 0 Å². The Kier molecular flexibility index (Phi) is 4.39. The summed E-state index contributed by atoms with van der Waals surface area (Å²) in [5, 5.41) is 3.35. The van der Waals surface area contributed by atoms with E-state index in [0.29, 0.717) is 12.5 Å². The van der Waals surface area contributed by atoms with Gasteiger partial charge in [0.25, 0.3) is 0 Å². The first-order valence-corrected chi connectivity index (χ1v) is 5.25. The summed E-state index contributed by atoms with van der Waals surface area (Å²) in [6.07, 6.45) is 4.75. The molecule has 0 amide bonds. The van der Waals surface area contributed by atoms with Gasteiger partial charge in [0.2, 0.25) is 0 Å². The van der Waals surface area contributed by atoms with Crippen molar-refractivity contribution in [2.24, 2.45) is 5.73 Å². The Morgan fingerprint density at radius 2 is 2.46 bits per heavy atom. The van der Waals surface area contributed by atoms with Crippen LogP contribution in [0.25, 0.3) is 0 Å². The molecule has 76 valence electrons. The van der Waals surface area contributed by atoms with Crippen LogP contribution >= 0.6 is 0 Å². The zero-order valence-corrected chi connectivity index (χ0v) is 8.38. The first-order chi connectivity index (χ1) is 6.24. The average Bonchev–Trinajstić information content (AvgIpc) is 2.57. The topological polar surface area (TPSA) is 55.1 Å². The average molecular weight is 184 g/mol. The van der Waals surface area contributed by atoms with Gasteiger partial charge in [-0.15, -0.1) is 0 Å². The Bertz CT molecular complexity index is 164. The summed E-state index contributed by atoms with van der Waals surface area (Å²) in [5.74, 6) is 0.219. The zero-order chi connectivity index (χ0) is 9.68. The van der Waals surface area contributed by atoms with E-state index in [1.165, 1.54) is 12.8 Å². The van der Waals surface area contributed by atoms with E-state index < -0.39 is 0 Å². The van der Waals surface area contributed by atoms with Crippen LogP contribution in [0.3, 0.4) is 0 Å². The number of carbonyl (C=O) groups excluding carboxylic acids is 1. The lowest BCUT2D eigenvalue weighted by Gasteiger charge is -2.15. The Morgan fingerprint density at radius 1 is 1.69 bits per heavy atom. The zero-order valence-electron chi connectivity index (χ0n) is 8.38. The number of carbonyl (C=O) groups is 1. The number of Topliss-reactive ketones (excluding diaryl/α,β-unsaturated/α-hetero) is 1. The van der Waals surface area contributed by atoms with E-state index in [0.717, 1.165) is 19.4 Å². The number of nitrogens with two attached hydrogens (primary N) is 1. The third kappa shape index (κ3) is 3.44. The monoisotopic (exact) mass is 184 g/mol. The van der Waals surface area contributed by atoms with E-state index in [1.54, 1.807) is 0 Å². The largest absolute Gasteiger partial charge is 0.321 e. The summed E-state index contributed by atoms with van der Waals surface area (Å²) < 4.78 is 0. The molecule has 3 N–H and O–H groups in total. The molecule has 1 heterocycles. The molecule has 1 unspecified atom stereocenters. The van der Waals surface area contributed by atoms with Crippen LogP contribution in [-0.4, -0.2) is 24.4 Å². The van der Waals surface area contributed by atoms with Crippen molar-refractivity contribution >= 4 is 5.78 Å². The summed E-state index contributed by atoms with van der Waals surface area (Å²) in [7, 11) is 0. The summed E-state index contributed by atoms with van der Waals surface area (Å²) in [6.45, 7) is 3.10. The molecule has 0 radical (unpaired) electrons. The lowest BCUT2D eigenvalue weighted by atomic mass is 10.0. The van der Waals surface area contributed by atoms with Crippen molar-refractivity contribution < 1.29 is 4.79 Å². The van der Waals surface area contributed by atoms with Crippen molar-refractivity contribution in [2.45, 2.75) is 51.1 Å². The Balaban J connectivity index is 2.22. The van der Waals surface area contributed by atoms with E-state index in [9.17, 15) is 4.79 Å². The van der Waals surface area contributed by atoms with Crippen LogP contribution in [0.5, 0.6) is 0 Å². The summed E-state index contributed by atoms with van der Waals surface area (Å²) in [6, 6.07) is 0.242. The van der Waals surface area contributed by atoms with Crippen molar-refractivity contribution in [1.82, 2.24) is 5.32 Å². The predicted molar refractivity (Wildman–Crippen MR) is 53.5 cm³/mol. The molecule has 0 aromatic carbocycles. The molecular formula is C10H20N2O. The number of ketones is 1. The van der Waals surface area contributed by atoms with Crippen molar-refractivity contribution in [3.05, 3.63) is 0 Å². The fourth-order valence-electron chi connectivity index (χ4n) is 1.83. The summed E-state index contributed by atoms with van der Waals surface area (Å²) in [4.78, 5) is 11.4. The van der Waals surface area contributed by atoms with Gasteiger partial charge >= 0.3 is 0 Å². The van der Waals surface area contributed by atoms with Crippen LogP contribution in [0.4, 0.5) is 0 Å². The maximum atomic E-state index is 11.4. The summed E-state index contributed by atoms with van der Waals surface area (Å²) in [5.41, 5.74) is 5.79. The van der Waals surface area contributed by atoms with Gasteiger partial charge in [0.05, 0.1) is 6.04 Å². The molecule has 1 fully saturated rings. The van der Waals surface area contributed by atoms with Crippen molar-refractivity contribution in [3.63, 3.8) is 0 Å². The molecule has 0 aromatic rings. The molecule has 0 aliphatic carbocycles. The van der Waals surface area contributed by atoms with Gasteiger partial charge in [-0.1, -0.05) is 6.92 Å². The fourth-order valence-corrected chi connectivity index (χ4v) is 1.83. The SMILES string of the molecule is CCCC(=O)[C@@H](N)CC1CCCN1. The standard InChI is InChI=1S/C10H20N2O/c1-2-4-10(13)9(11)7-8-5-3-6-12-8/h8-9,12H,2-7,11H2,1H3/t8?,9-/m0/s1. The molecule has 0 aromatic heterocycles. The second kappa shape index (κ2) is 5.35. The Labute approximate surface area is 80.1 Å². The molecule has 0 spiro atoms. The molecule has 13 heavy (non-hydrogen) atoms. The molecule has 0 saturated carbocycles. The van der Waals surface area contributed by atoms with Gasteiger partial charge < -0.3 is 11.1 Å². The van der Waals surface area contributed by atoms with Crippen LogP contribution in [0.2, 0.25) is 0 Å². The smallest absolute Gasteiger partial charge is 0.149 e. The maximum Gasteiger partial charge on any atom is 0.149 e. The quantitative estimate of drug-likeness (QED) is 0.665. The van der Waals surface area contributed by atoms with Gasteiger partial charge in [-0.25, -0.2) is 0 Å². The first kappa shape index (κ1) is 10.7. The molecule has 0 bridgehead atoms. The van der Waals surface area contributed by atoms with E-state index in [4.69, 9.17) is 5.73 Å². The van der Waals surface area contributed by atoms with Crippen LogP contribution in [0.15, 0.2) is 0 Å². The van der Waals surface area contributed by atoms with Crippen molar-refractivity contribution in [1.29, 1.82) is 0 Å². The Hall–Kier alpha value is -0.410. The van der Waals surface area contributed by atoms with Crippen LogP contribution in [-0.2, 0) is 4.79 Å². The third-order valence-corrected chi connectivity index (χ3v) is 2.61. The second-order valence-electron chi connectivity index (χ2n) is 3.85. The normalized spacial score (nSPS) is 24.6. The number of hydrogen-bond donors (Lipinski definition) is 2. The molecule has 3 heteroatoms. The summed E-state index contributed by atoms with van der Waals surface area (Å²) >= 11 is 0. The Morgan fingerprint density at radius 3 is 3.00 bits per heavy atom. The van der Waals surface area contributed by atoms with Gasteiger partial charge in [-0.05, 0) is 32.2 Å². The number of hydrogen-bond acceptors (Lipinski definition) is 3. The molecule has 1 saturated heterocycles. The minimum Gasteiger partial charge on any atom is -0.321 e. The van der Waals surface area contributed by atoms with Gasteiger partial charge in [0.15, 0.2) is 0 Å². The van der Waals surface area contributed by atoms with Crippen LogP contribution in [0.1, 0.15) is 39.0 Å². The van der Waals surface area contributed by atoms with Gasteiger partial charge in [-0.2, -0.15) is 0 Å². The minimum absolute atomic E-state index is 0.219. The highest BCUT2D eigenvalue weighted by molar-refractivity contribution is 5.83. The number of rotatable bonds is 5. The molecule has 2 atom stereocenters. The van der Waals surface area contributed by atoms with E-state index in [2.05, 4.69) is 5.32 Å². The molecule has 1 rings (SSSR count). The van der Waals surface area contributed by atoms with Crippen LogP contribution < -0.4 is 11.1 Å². The van der Waals surface area contributed by atoms with Gasteiger partial charge in [0.1, 0.15) is 5.78 Å². The minimum atomic E-state index is -0.240. The highest BCUT2D eigenvalue weighted by Crippen LogP contribution is 2.11. The molecule has 1 aliphatic heterocycles. The highest BCUT2D eigenvalue weighted by atomic mass is 16.1. The molecule has 3 nitrogen and oxygen atoms in total. The van der Waals surface area contributed by atoms with E-state index >= 15 is 0 Å². The lowest BCUT2D eigenvalue weighted by molar-refractivity contribution is -0.120. The predicted octanol–water partition coefficient (Wildman–Crippen LogP) is 0.825. The molecular weight excluding hydrogens is 164 g/mol. The van der Waals surface area contributed by atoms with Crippen molar-refractivity contribution in [2.75, 3.05) is 6.54 Å². The molecule has 1 aliphatic rings. The third-order valence-electron chi connectivity index (χ3n) is 2.61. The van der Waals surface area contributed by atoms with Gasteiger partial charge in [-0.3, -0.25) is 4.79 Å².